The Labute approximate surface area is 197 Å². The molecule has 1 unspecified atom stereocenters. The molecule has 8 nitrogen and oxygen atoms in total. The van der Waals surface area contributed by atoms with Crippen molar-refractivity contribution < 1.29 is 14.6 Å². The van der Waals surface area contributed by atoms with Gasteiger partial charge in [0.25, 0.3) is 0 Å². The second-order valence-corrected chi connectivity index (χ2v) is 16.6. The molecule has 0 spiro atoms. The fraction of sp³-hybridized carbons (Fsp3) is 0.708. The first-order valence-corrected chi connectivity index (χ1v) is 16.2. The summed E-state index contributed by atoms with van der Waals surface area (Å²) in [6, 6.07) is 1.20. The molecule has 33 heavy (non-hydrogen) atoms. The molecule has 1 amide bonds. The first-order valence-electron chi connectivity index (χ1n) is 12.4. The van der Waals surface area contributed by atoms with E-state index in [-0.39, 0.29) is 6.04 Å². The zero-order chi connectivity index (χ0) is 23.4. The molecule has 2 aliphatic rings. The quantitative estimate of drug-likeness (QED) is 0.392. The van der Waals surface area contributed by atoms with E-state index in [0.29, 0.717) is 25.7 Å². The molecule has 2 fully saturated rings. The molecule has 182 valence electrons. The van der Waals surface area contributed by atoms with Crippen LogP contribution in [-0.4, -0.2) is 64.4 Å². The maximum absolute atomic E-state index is 11.5. The molecule has 3 heterocycles. The predicted octanol–water partition coefficient (Wildman–Crippen LogP) is 5.03. The number of fused-ring (bicyclic) bond motifs is 1. The second-order valence-electron chi connectivity index (χ2n) is 11.0. The van der Waals surface area contributed by atoms with Gasteiger partial charge in [0.05, 0.1) is 5.39 Å². The highest BCUT2D eigenvalue weighted by atomic mass is 28.3. The minimum absolute atomic E-state index is 0.0589. The number of rotatable bonds is 9. The summed E-state index contributed by atoms with van der Waals surface area (Å²) < 4.78 is 8.19. The normalized spacial score (nSPS) is 20.0. The number of piperidine rings is 1. The van der Waals surface area contributed by atoms with Crippen molar-refractivity contribution in [1.82, 2.24) is 19.4 Å². The van der Waals surface area contributed by atoms with Crippen molar-refractivity contribution in [2.75, 3.05) is 25.0 Å². The van der Waals surface area contributed by atoms with Gasteiger partial charge in [0.1, 0.15) is 24.5 Å². The van der Waals surface area contributed by atoms with Gasteiger partial charge >= 0.3 is 6.09 Å². The SMILES string of the molecule is C[Si](C)(C)CCOCn1cc(CC2CCCC2)c2c(NC3CCCN(C(=O)O)C3)ncnc21. The summed E-state index contributed by atoms with van der Waals surface area (Å²) in [5.74, 6) is 1.54. The Kier molecular flexibility index (Phi) is 7.58. The Morgan fingerprint density at radius 2 is 2.00 bits per heavy atom. The Morgan fingerprint density at radius 3 is 2.73 bits per heavy atom. The average Bonchev–Trinajstić information content (AvgIpc) is 3.40. The molecule has 2 N–H and O–H groups in total. The number of ether oxygens (including phenoxy) is 1. The van der Waals surface area contributed by atoms with Crippen LogP contribution < -0.4 is 5.32 Å². The van der Waals surface area contributed by atoms with E-state index in [9.17, 15) is 9.90 Å². The van der Waals surface area contributed by atoms with Crippen LogP contribution in [0.2, 0.25) is 25.7 Å². The van der Waals surface area contributed by atoms with E-state index in [2.05, 4.69) is 45.7 Å². The molecule has 1 aliphatic carbocycles. The number of hydrogen-bond acceptors (Lipinski definition) is 5. The van der Waals surface area contributed by atoms with E-state index < -0.39 is 14.2 Å². The minimum Gasteiger partial charge on any atom is -0.465 e. The molecule has 1 atom stereocenters. The highest BCUT2D eigenvalue weighted by Crippen LogP contribution is 2.34. The van der Waals surface area contributed by atoms with Crippen molar-refractivity contribution >= 4 is 31.0 Å². The Hall–Kier alpha value is -2.13. The lowest BCUT2D eigenvalue weighted by Crippen LogP contribution is -2.44. The number of likely N-dealkylation sites (tertiary alicyclic amines) is 1. The fourth-order valence-corrected chi connectivity index (χ4v) is 5.85. The van der Waals surface area contributed by atoms with Crippen molar-refractivity contribution in [3.05, 3.63) is 18.1 Å². The fourth-order valence-electron chi connectivity index (χ4n) is 5.09. The van der Waals surface area contributed by atoms with Gasteiger partial charge in [-0.2, -0.15) is 0 Å². The maximum Gasteiger partial charge on any atom is 0.407 e. The maximum atomic E-state index is 11.5. The topological polar surface area (TPSA) is 92.5 Å². The van der Waals surface area contributed by atoms with E-state index in [4.69, 9.17) is 4.74 Å². The summed E-state index contributed by atoms with van der Waals surface area (Å²) >= 11 is 0. The van der Waals surface area contributed by atoms with Crippen LogP contribution in [0.15, 0.2) is 12.5 Å². The van der Waals surface area contributed by atoms with Crippen LogP contribution in [0.1, 0.15) is 44.1 Å². The Bertz CT molecular complexity index is 951. The standard InChI is InChI=1S/C24H39N5O3Si/c1-33(2,3)12-11-32-17-29-14-19(13-18-7-4-5-8-18)21-22(25-16-26-23(21)29)27-20-9-6-10-28(15-20)24(30)31/h14,16,18,20H,4-13,15,17H2,1-3H3,(H,30,31)(H,25,26,27). The summed E-state index contributed by atoms with van der Waals surface area (Å²) in [6.45, 7) is 9.45. The summed E-state index contributed by atoms with van der Waals surface area (Å²) in [5, 5.41) is 14.1. The average molecular weight is 474 g/mol. The molecule has 1 aliphatic heterocycles. The van der Waals surface area contributed by atoms with Crippen molar-refractivity contribution in [2.45, 2.75) is 83.4 Å². The van der Waals surface area contributed by atoms with Crippen molar-refractivity contribution in [2.24, 2.45) is 5.92 Å². The van der Waals surface area contributed by atoms with Gasteiger partial charge in [0.2, 0.25) is 0 Å². The summed E-state index contributed by atoms with van der Waals surface area (Å²) in [7, 11) is -1.13. The smallest absolute Gasteiger partial charge is 0.407 e. The summed E-state index contributed by atoms with van der Waals surface area (Å²) in [4.78, 5) is 22.2. The second kappa shape index (κ2) is 10.4. The summed E-state index contributed by atoms with van der Waals surface area (Å²) in [5.41, 5.74) is 2.18. The van der Waals surface area contributed by atoms with Gasteiger partial charge < -0.3 is 24.6 Å². The lowest BCUT2D eigenvalue weighted by atomic mass is 9.98. The molecule has 0 aromatic carbocycles. The van der Waals surface area contributed by atoms with Gasteiger partial charge in [-0.15, -0.1) is 0 Å². The third kappa shape index (κ3) is 6.26. The highest BCUT2D eigenvalue weighted by molar-refractivity contribution is 6.76. The number of nitrogens with zero attached hydrogens (tertiary/aromatic N) is 4. The van der Waals surface area contributed by atoms with Crippen molar-refractivity contribution in [3.8, 4) is 0 Å². The van der Waals surface area contributed by atoms with Crippen LogP contribution in [0.5, 0.6) is 0 Å². The Morgan fingerprint density at radius 1 is 1.21 bits per heavy atom. The number of carbonyl (C=O) groups is 1. The number of aromatic nitrogens is 3. The third-order valence-electron chi connectivity index (χ3n) is 6.97. The van der Waals surface area contributed by atoms with Crippen molar-refractivity contribution in [3.63, 3.8) is 0 Å². The number of anilines is 1. The molecule has 2 aromatic rings. The summed E-state index contributed by atoms with van der Waals surface area (Å²) in [6.07, 6.45) is 11.0. The van der Waals surface area contributed by atoms with E-state index >= 15 is 0 Å². The Balaban J connectivity index is 1.57. The van der Waals surface area contributed by atoms with Crippen LogP contribution >= 0.6 is 0 Å². The number of hydrogen-bond donors (Lipinski definition) is 2. The number of nitrogens with one attached hydrogen (secondary N) is 1. The number of amides is 1. The van der Waals surface area contributed by atoms with Crippen LogP contribution in [0.25, 0.3) is 11.0 Å². The minimum atomic E-state index is -1.13. The van der Waals surface area contributed by atoms with Crippen LogP contribution in [0, 0.1) is 5.92 Å². The van der Waals surface area contributed by atoms with E-state index in [0.717, 1.165) is 48.8 Å². The molecule has 0 bridgehead atoms. The molecule has 4 rings (SSSR count). The van der Waals surface area contributed by atoms with Gasteiger partial charge in [-0.25, -0.2) is 14.8 Å². The van der Waals surface area contributed by atoms with Crippen LogP contribution in [0.4, 0.5) is 10.6 Å². The van der Waals surface area contributed by atoms with E-state index in [1.54, 1.807) is 6.33 Å². The largest absolute Gasteiger partial charge is 0.465 e. The predicted molar refractivity (Wildman–Crippen MR) is 134 cm³/mol. The lowest BCUT2D eigenvalue weighted by molar-refractivity contribution is 0.0897. The first-order chi connectivity index (χ1) is 15.8. The molecular weight excluding hydrogens is 434 g/mol. The molecule has 0 radical (unpaired) electrons. The monoisotopic (exact) mass is 473 g/mol. The molecular formula is C24H39N5O3Si. The van der Waals surface area contributed by atoms with Crippen LogP contribution in [0.3, 0.4) is 0 Å². The lowest BCUT2D eigenvalue weighted by Gasteiger charge is -2.31. The third-order valence-corrected chi connectivity index (χ3v) is 8.68. The first kappa shape index (κ1) is 24.0. The molecule has 9 heteroatoms. The molecule has 1 saturated heterocycles. The molecule has 2 aromatic heterocycles. The zero-order valence-corrected chi connectivity index (χ0v) is 21.3. The van der Waals surface area contributed by atoms with Gasteiger partial charge in [-0.3, -0.25) is 0 Å². The highest BCUT2D eigenvalue weighted by Gasteiger charge is 2.26. The van der Waals surface area contributed by atoms with Gasteiger partial charge in [0.15, 0.2) is 0 Å². The van der Waals surface area contributed by atoms with Gasteiger partial charge in [0, 0.05) is 40.0 Å². The zero-order valence-electron chi connectivity index (χ0n) is 20.3. The van der Waals surface area contributed by atoms with E-state index in [1.807, 2.05) is 0 Å². The number of carboxylic acid groups (broad SMARTS) is 1. The van der Waals surface area contributed by atoms with Crippen molar-refractivity contribution in [1.29, 1.82) is 0 Å². The molecule has 1 saturated carbocycles. The van der Waals surface area contributed by atoms with Gasteiger partial charge in [-0.1, -0.05) is 45.3 Å². The van der Waals surface area contributed by atoms with E-state index in [1.165, 1.54) is 36.1 Å². The van der Waals surface area contributed by atoms with Gasteiger partial charge in [-0.05, 0) is 36.8 Å². The van der Waals surface area contributed by atoms with Crippen LogP contribution in [-0.2, 0) is 17.9 Å².